The minimum absolute atomic E-state index is 0.119. The summed E-state index contributed by atoms with van der Waals surface area (Å²) in [5.41, 5.74) is 2.72. The molecule has 0 aliphatic carbocycles. The third kappa shape index (κ3) is 2.44. The number of hydrogen-bond donors (Lipinski definition) is 1. The zero-order valence-corrected chi connectivity index (χ0v) is 8.59. The number of aliphatic hydroxyl groups excluding tert-OH is 1. The van der Waals surface area contributed by atoms with Gasteiger partial charge in [0.25, 0.3) is 0 Å². The maximum absolute atomic E-state index is 8.57. The second-order valence-corrected chi connectivity index (χ2v) is 3.13. The number of aromatic nitrogens is 2. The first kappa shape index (κ1) is 10.3. The molecule has 0 radical (unpaired) electrons. The summed E-state index contributed by atoms with van der Waals surface area (Å²) in [7, 11) is 0. The van der Waals surface area contributed by atoms with Crippen molar-refractivity contribution in [1.29, 1.82) is 0 Å². The Morgan fingerprint density at radius 1 is 1.12 bits per heavy atom. The van der Waals surface area contributed by atoms with E-state index in [-0.39, 0.29) is 6.61 Å². The van der Waals surface area contributed by atoms with Crippen molar-refractivity contribution in [2.45, 2.75) is 0 Å². The Morgan fingerprint density at radius 3 is 2.56 bits per heavy atom. The normalized spacial score (nSPS) is 9.31. The van der Waals surface area contributed by atoms with Gasteiger partial charge in [-0.15, -0.1) is 0 Å². The molecule has 0 saturated heterocycles. The summed E-state index contributed by atoms with van der Waals surface area (Å²) < 4.78 is 0. The summed E-state index contributed by atoms with van der Waals surface area (Å²) in [5.74, 6) is 5.44. The van der Waals surface area contributed by atoms with Crippen LogP contribution in [0.15, 0.2) is 42.9 Å². The second-order valence-electron chi connectivity index (χ2n) is 3.13. The lowest BCUT2D eigenvalue weighted by molar-refractivity contribution is 0.350. The zero-order chi connectivity index (χ0) is 11.2. The van der Waals surface area contributed by atoms with E-state index in [1.165, 1.54) is 0 Å². The number of benzene rings is 1. The van der Waals surface area contributed by atoms with Gasteiger partial charge in [-0.2, -0.15) is 0 Å². The molecule has 0 amide bonds. The van der Waals surface area contributed by atoms with Crippen molar-refractivity contribution >= 4 is 0 Å². The van der Waals surface area contributed by atoms with E-state index in [9.17, 15) is 0 Å². The molecule has 0 bridgehead atoms. The Bertz CT molecular complexity index is 509. The SMILES string of the molecule is OCC#Cc1ccc(-c2cnccn2)cc1. The molecule has 1 heterocycles. The Hall–Kier alpha value is -2.18. The van der Waals surface area contributed by atoms with Crippen molar-refractivity contribution in [3.8, 4) is 23.1 Å². The van der Waals surface area contributed by atoms with Crippen LogP contribution in [0.2, 0.25) is 0 Å². The van der Waals surface area contributed by atoms with E-state index in [4.69, 9.17) is 5.11 Å². The highest BCUT2D eigenvalue weighted by Gasteiger charge is 1.97. The van der Waals surface area contributed by atoms with Gasteiger partial charge in [-0.05, 0) is 12.1 Å². The summed E-state index contributed by atoms with van der Waals surface area (Å²) in [6.45, 7) is -0.119. The van der Waals surface area contributed by atoms with Gasteiger partial charge in [-0.3, -0.25) is 9.97 Å². The minimum atomic E-state index is -0.119. The van der Waals surface area contributed by atoms with E-state index in [1.807, 2.05) is 24.3 Å². The van der Waals surface area contributed by atoms with Crippen molar-refractivity contribution in [3.05, 3.63) is 48.4 Å². The summed E-state index contributed by atoms with van der Waals surface area (Å²) >= 11 is 0. The highest BCUT2D eigenvalue weighted by molar-refractivity contribution is 5.59. The van der Waals surface area contributed by atoms with Crippen molar-refractivity contribution in [1.82, 2.24) is 9.97 Å². The number of rotatable bonds is 1. The van der Waals surface area contributed by atoms with Crippen LogP contribution in [0.4, 0.5) is 0 Å². The second kappa shape index (κ2) is 5.06. The Labute approximate surface area is 93.8 Å². The third-order valence-electron chi connectivity index (χ3n) is 2.06. The molecule has 2 aromatic rings. The molecule has 3 nitrogen and oxygen atoms in total. The maximum atomic E-state index is 8.57. The first-order valence-electron chi connectivity index (χ1n) is 4.86. The lowest BCUT2D eigenvalue weighted by atomic mass is 10.1. The van der Waals surface area contributed by atoms with Crippen molar-refractivity contribution in [2.24, 2.45) is 0 Å². The van der Waals surface area contributed by atoms with Gasteiger partial charge in [0.1, 0.15) is 6.61 Å². The van der Waals surface area contributed by atoms with E-state index >= 15 is 0 Å². The Balaban J connectivity index is 2.26. The summed E-state index contributed by atoms with van der Waals surface area (Å²) in [6.07, 6.45) is 5.02. The Morgan fingerprint density at radius 2 is 1.94 bits per heavy atom. The molecule has 0 atom stereocenters. The average Bonchev–Trinajstić information content (AvgIpc) is 2.38. The van der Waals surface area contributed by atoms with Gasteiger partial charge in [-0.1, -0.05) is 24.0 Å². The van der Waals surface area contributed by atoms with Gasteiger partial charge in [0.2, 0.25) is 0 Å². The lowest BCUT2D eigenvalue weighted by Gasteiger charge is -1.99. The number of nitrogens with zero attached hydrogens (tertiary/aromatic N) is 2. The highest BCUT2D eigenvalue weighted by Crippen LogP contribution is 2.15. The van der Waals surface area contributed by atoms with Gasteiger partial charge in [0, 0.05) is 23.5 Å². The van der Waals surface area contributed by atoms with Gasteiger partial charge in [0.05, 0.1) is 11.9 Å². The molecule has 0 fully saturated rings. The van der Waals surface area contributed by atoms with Gasteiger partial charge in [0.15, 0.2) is 0 Å². The highest BCUT2D eigenvalue weighted by atomic mass is 16.2. The average molecular weight is 210 g/mol. The number of aliphatic hydroxyl groups is 1. The zero-order valence-electron chi connectivity index (χ0n) is 8.59. The fourth-order valence-corrected chi connectivity index (χ4v) is 1.31. The minimum Gasteiger partial charge on any atom is -0.384 e. The first-order valence-corrected chi connectivity index (χ1v) is 4.86. The summed E-state index contributed by atoms with van der Waals surface area (Å²) in [5, 5.41) is 8.57. The van der Waals surface area contributed by atoms with Crippen LogP contribution in [0.25, 0.3) is 11.3 Å². The molecule has 1 N–H and O–H groups in total. The van der Waals surface area contributed by atoms with E-state index in [0.717, 1.165) is 16.8 Å². The van der Waals surface area contributed by atoms with Crippen LogP contribution < -0.4 is 0 Å². The molecule has 0 unspecified atom stereocenters. The first-order chi connectivity index (χ1) is 7.90. The summed E-state index contributed by atoms with van der Waals surface area (Å²) in [4.78, 5) is 8.21. The van der Waals surface area contributed by atoms with E-state index in [2.05, 4.69) is 21.8 Å². The topological polar surface area (TPSA) is 46.0 Å². The number of hydrogen-bond acceptors (Lipinski definition) is 3. The van der Waals surface area contributed by atoms with Crippen LogP contribution >= 0.6 is 0 Å². The summed E-state index contributed by atoms with van der Waals surface area (Å²) in [6, 6.07) is 7.66. The molecule has 1 aromatic carbocycles. The monoisotopic (exact) mass is 210 g/mol. The van der Waals surface area contributed by atoms with Crippen LogP contribution in [0.1, 0.15) is 5.56 Å². The van der Waals surface area contributed by atoms with E-state index < -0.39 is 0 Å². The smallest absolute Gasteiger partial charge is 0.104 e. The quantitative estimate of drug-likeness (QED) is 0.725. The fraction of sp³-hybridized carbons (Fsp3) is 0.0769. The van der Waals surface area contributed by atoms with Gasteiger partial charge < -0.3 is 5.11 Å². The van der Waals surface area contributed by atoms with Gasteiger partial charge >= 0.3 is 0 Å². The van der Waals surface area contributed by atoms with Crippen LogP contribution in [0.5, 0.6) is 0 Å². The van der Waals surface area contributed by atoms with Gasteiger partial charge in [-0.25, -0.2) is 0 Å². The van der Waals surface area contributed by atoms with Crippen molar-refractivity contribution in [2.75, 3.05) is 6.61 Å². The van der Waals surface area contributed by atoms with Crippen LogP contribution in [0.3, 0.4) is 0 Å². The molecule has 16 heavy (non-hydrogen) atoms. The molecular formula is C13H10N2O. The van der Waals surface area contributed by atoms with Crippen LogP contribution in [0, 0.1) is 11.8 Å². The molecule has 3 heteroatoms. The predicted octanol–water partition coefficient (Wildman–Crippen LogP) is 1.49. The van der Waals surface area contributed by atoms with E-state index in [0.29, 0.717) is 0 Å². The molecular weight excluding hydrogens is 200 g/mol. The van der Waals surface area contributed by atoms with Crippen molar-refractivity contribution < 1.29 is 5.11 Å². The van der Waals surface area contributed by atoms with E-state index in [1.54, 1.807) is 18.6 Å². The molecule has 78 valence electrons. The molecule has 0 aliphatic rings. The lowest BCUT2D eigenvalue weighted by Crippen LogP contribution is -1.84. The molecule has 2 rings (SSSR count). The Kier molecular flexibility index (Phi) is 3.27. The molecule has 0 saturated carbocycles. The van der Waals surface area contributed by atoms with Crippen LogP contribution in [-0.4, -0.2) is 21.7 Å². The molecule has 0 spiro atoms. The van der Waals surface area contributed by atoms with Crippen LogP contribution in [-0.2, 0) is 0 Å². The standard InChI is InChI=1S/C13H10N2O/c16-9-1-2-11-3-5-12(6-4-11)13-10-14-7-8-15-13/h3-8,10,16H,9H2. The largest absolute Gasteiger partial charge is 0.384 e. The van der Waals surface area contributed by atoms with Crippen molar-refractivity contribution in [3.63, 3.8) is 0 Å². The predicted molar refractivity (Wildman–Crippen MR) is 61.4 cm³/mol. The molecule has 0 aliphatic heterocycles. The molecule has 1 aromatic heterocycles. The fourth-order valence-electron chi connectivity index (χ4n) is 1.31. The maximum Gasteiger partial charge on any atom is 0.104 e. The third-order valence-corrected chi connectivity index (χ3v) is 2.06.